The number of nitrogens with zero attached hydrogens (tertiary/aromatic N) is 3. The molecular formula is C12H11F3N4. The topological polar surface area (TPSA) is 64.7 Å². The van der Waals surface area contributed by atoms with E-state index in [2.05, 4.69) is 15.0 Å². The van der Waals surface area contributed by atoms with Crippen LogP contribution in [0.5, 0.6) is 0 Å². The van der Waals surface area contributed by atoms with E-state index in [9.17, 15) is 13.2 Å². The number of nitrogen functional groups attached to an aromatic ring is 1. The molecule has 1 aromatic heterocycles. The van der Waals surface area contributed by atoms with Gasteiger partial charge in [0.1, 0.15) is 5.82 Å². The molecule has 7 heteroatoms. The minimum atomic E-state index is -1.53. The van der Waals surface area contributed by atoms with Crippen LogP contribution in [-0.4, -0.2) is 15.0 Å². The molecule has 2 aromatic rings. The summed E-state index contributed by atoms with van der Waals surface area (Å²) >= 11 is 0. The van der Waals surface area contributed by atoms with Gasteiger partial charge in [0.2, 0.25) is 5.95 Å². The van der Waals surface area contributed by atoms with E-state index in [-0.39, 0.29) is 23.3 Å². The van der Waals surface area contributed by atoms with Crippen LogP contribution in [0, 0.1) is 17.5 Å². The summed E-state index contributed by atoms with van der Waals surface area (Å²) in [5.74, 6) is -3.82. The Morgan fingerprint density at radius 1 is 1.00 bits per heavy atom. The Bertz CT molecular complexity index is 605. The predicted octanol–water partition coefficient (Wildman–Crippen LogP) is 2.66. The largest absolute Gasteiger partial charge is 0.368 e. The SMILES string of the molecule is CC(C)c1nc(N)nc(-c2cc(F)c(F)c(F)c2)n1. The molecule has 0 amide bonds. The zero-order valence-electron chi connectivity index (χ0n) is 10.3. The van der Waals surface area contributed by atoms with Gasteiger partial charge in [-0.1, -0.05) is 13.8 Å². The molecule has 0 saturated heterocycles. The summed E-state index contributed by atoms with van der Waals surface area (Å²) < 4.78 is 39.2. The van der Waals surface area contributed by atoms with Gasteiger partial charge in [0.15, 0.2) is 23.3 Å². The van der Waals surface area contributed by atoms with Gasteiger partial charge in [0.05, 0.1) is 0 Å². The molecule has 0 aliphatic carbocycles. The Morgan fingerprint density at radius 2 is 1.58 bits per heavy atom. The second-order valence-corrected chi connectivity index (χ2v) is 4.28. The lowest BCUT2D eigenvalue weighted by Gasteiger charge is -2.07. The van der Waals surface area contributed by atoms with Gasteiger partial charge < -0.3 is 5.73 Å². The van der Waals surface area contributed by atoms with Gasteiger partial charge in [-0.05, 0) is 12.1 Å². The highest BCUT2D eigenvalue weighted by molar-refractivity contribution is 5.56. The first-order valence-corrected chi connectivity index (χ1v) is 5.55. The van der Waals surface area contributed by atoms with Gasteiger partial charge in [-0.25, -0.2) is 18.2 Å². The summed E-state index contributed by atoms with van der Waals surface area (Å²) in [5, 5.41) is 0. The van der Waals surface area contributed by atoms with Crippen molar-refractivity contribution in [3.63, 3.8) is 0 Å². The minimum absolute atomic E-state index is 0.00685. The highest BCUT2D eigenvalue weighted by Crippen LogP contribution is 2.22. The Labute approximate surface area is 107 Å². The van der Waals surface area contributed by atoms with E-state index >= 15 is 0 Å². The monoisotopic (exact) mass is 268 g/mol. The molecule has 100 valence electrons. The Kier molecular flexibility index (Phi) is 3.37. The van der Waals surface area contributed by atoms with Crippen LogP contribution in [0.25, 0.3) is 11.4 Å². The lowest BCUT2D eigenvalue weighted by molar-refractivity contribution is 0.447. The van der Waals surface area contributed by atoms with Crippen molar-refractivity contribution in [1.82, 2.24) is 15.0 Å². The van der Waals surface area contributed by atoms with Crippen LogP contribution >= 0.6 is 0 Å². The van der Waals surface area contributed by atoms with E-state index in [0.29, 0.717) is 5.82 Å². The first-order valence-electron chi connectivity index (χ1n) is 5.55. The van der Waals surface area contributed by atoms with E-state index < -0.39 is 17.5 Å². The average Bonchev–Trinajstić information content (AvgIpc) is 2.34. The standard InChI is InChI=1S/C12H11F3N4/c1-5(2)10-17-11(19-12(16)18-10)6-3-7(13)9(15)8(14)4-6/h3-5H,1-2H3,(H2,16,17,18,19). The van der Waals surface area contributed by atoms with Gasteiger partial charge in [-0.15, -0.1) is 0 Å². The summed E-state index contributed by atoms with van der Waals surface area (Å²) in [6.45, 7) is 3.68. The van der Waals surface area contributed by atoms with Crippen molar-refractivity contribution in [2.75, 3.05) is 5.73 Å². The van der Waals surface area contributed by atoms with Crippen LogP contribution in [0.3, 0.4) is 0 Å². The van der Waals surface area contributed by atoms with Crippen LogP contribution in [0.15, 0.2) is 12.1 Å². The molecule has 2 N–H and O–H groups in total. The van der Waals surface area contributed by atoms with Gasteiger partial charge in [-0.3, -0.25) is 0 Å². The number of nitrogens with two attached hydrogens (primary N) is 1. The maximum Gasteiger partial charge on any atom is 0.223 e. The average molecular weight is 268 g/mol. The van der Waals surface area contributed by atoms with Gasteiger partial charge in [-0.2, -0.15) is 9.97 Å². The van der Waals surface area contributed by atoms with Crippen LogP contribution in [-0.2, 0) is 0 Å². The number of benzene rings is 1. The molecule has 0 radical (unpaired) electrons. The summed E-state index contributed by atoms with van der Waals surface area (Å²) in [5.41, 5.74) is 5.52. The third-order valence-corrected chi connectivity index (χ3v) is 2.43. The zero-order valence-corrected chi connectivity index (χ0v) is 10.3. The van der Waals surface area contributed by atoms with Gasteiger partial charge in [0, 0.05) is 11.5 Å². The van der Waals surface area contributed by atoms with Crippen LogP contribution in [0.2, 0.25) is 0 Å². The molecule has 1 aromatic carbocycles. The highest BCUT2D eigenvalue weighted by atomic mass is 19.2. The van der Waals surface area contributed by atoms with Crippen molar-refractivity contribution >= 4 is 5.95 Å². The first kappa shape index (κ1) is 13.3. The van der Waals surface area contributed by atoms with Crippen LogP contribution < -0.4 is 5.73 Å². The smallest absolute Gasteiger partial charge is 0.223 e. The van der Waals surface area contributed by atoms with E-state index in [1.54, 1.807) is 0 Å². The number of rotatable bonds is 2. The first-order chi connectivity index (χ1) is 8.88. The van der Waals surface area contributed by atoms with Crippen molar-refractivity contribution in [3.8, 4) is 11.4 Å². The Balaban J connectivity index is 2.59. The number of halogens is 3. The lowest BCUT2D eigenvalue weighted by atomic mass is 10.1. The second kappa shape index (κ2) is 4.83. The van der Waals surface area contributed by atoms with E-state index in [1.165, 1.54) is 0 Å². The molecule has 0 spiro atoms. The van der Waals surface area contributed by atoms with Gasteiger partial charge in [0.25, 0.3) is 0 Å². The molecule has 0 fully saturated rings. The highest BCUT2D eigenvalue weighted by Gasteiger charge is 2.15. The molecule has 0 aliphatic heterocycles. The third kappa shape index (κ3) is 2.64. The molecule has 0 unspecified atom stereocenters. The summed E-state index contributed by atoms with van der Waals surface area (Å²) in [6.07, 6.45) is 0. The number of hydrogen-bond donors (Lipinski definition) is 1. The van der Waals surface area contributed by atoms with Crippen molar-refractivity contribution in [3.05, 3.63) is 35.4 Å². The Morgan fingerprint density at radius 3 is 2.11 bits per heavy atom. The number of anilines is 1. The maximum atomic E-state index is 13.2. The van der Waals surface area contributed by atoms with Gasteiger partial charge >= 0.3 is 0 Å². The minimum Gasteiger partial charge on any atom is -0.368 e. The molecule has 19 heavy (non-hydrogen) atoms. The number of hydrogen-bond acceptors (Lipinski definition) is 4. The second-order valence-electron chi connectivity index (χ2n) is 4.28. The summed E-state index contributed by atoms with van der Waals surface area (Å²) in [7, 11) is 0. The molecule has 0 saturated carbocycles. The molecule has 0 atom stereocenters. The van der Waals surface area contributed by atoms with E-state index in [4.69, 9.17) is 5.73 Å². The number of aromatic nitrogens is 3. The molecule has 1 heterocycles. The normalized spacial score (nSPS) is 11.1. The molecule has 0 aliphatic rings. The van der Waals surface area contributed by atoms with E-state index in [0.717, 1.165) is 12.1 Å². The van der Waals surface area contributed by atoms with Crippen molar-refractivity contribution in [1.29, 1.82) is 0 Å². The quantitative estimate of drug-likeness (QED) is 0.850. The fraction of sp³-hybridized carbons (Fsp3) is 0.250. The molecular weight excluding hydrogens is 257 g/mol. The van der Waals surface area contributed by atoms with Crippen molar-refractivity contribution in [2.24, 2.45) is 0 Å². The fourth-order valence-electron chi connectivity index (χ4n) is 1.48. The van der Waals surface area contributed by atoms with Crippen molar-refractivity contribution < 1.29 is 13.2 Å². The fourth-order valence-corrected chi connectivity index (χ4v) is 1.48. The maximum absolute atomic E-state index is 13.2. The third-order valence-electron chi connectivity index (χ3n) is 2.43. The molecule has 0 bridgehead atoms. The van der Waals surface area contributed by atoms with Crippen molar-refractivity contribution in [2.45, 2.75) is 19.8 Å². The zero-order chi connectivity index (χ0) is 14.2. The molecule has 2 rings (SSSR count). The summed E-state index contributed by atoms with van der Waals surface area (Å²) in [6, 6.07) is 1.63. The Hall–Kier alpha value is -2.18. The van der Waals surface area contributed by atoms with Crippen LogP contribution in [0.1, 0.15) is 25.6 Å². The van der Waals surface area contributed by atoms with Crippen LogP contribution in [0.4, 0.5) is 19.1 Å². The predicted molar refractivity (Wildman–Crippen MR) is 63.6 cm³/mol. The van der Waals surface area contributed by atoms with E-state index in [1.807, 2.05) is 13.8 Å². The lowest BCUT2D eigenvalue weighted by Crippen LogP contribution is -2.06. The molecule has 4 nitrogen and oxygen atoms in total. The summed E-state index contributed by atoms with van der Waals surface area (Å²) in [4.78, 5) is 11.8.